The molecule has 0 atom stereocenters. The zero-order valence-corrected chi connectivity index (χ0v) is 11.2. The molecular formula is C14H18N2O3. The Bertz CT molecular complexity index is 497. The van der Waals surface area contributed by atoms with Gasteiger partial charge >= 0.3 is 0 Å². The van der Waals surface area contributed by atoms with Gasteiger partial charge < -0.3 is 9.47 Å². The first kappa shape index (κ1) is 13.4. The van der Waals surface area contributed by atoms with Gasteiger partial charge in [0, 0.05) is 11.3 Å². The molecule has 102 valence electrons. The monoisotopic (exact) mass is 262 g/mol. The van der Waals surface area contributed by atoms with Crippen molar-refractivity contribution < 1.29 is 14.3 Å². The van der Waals surface area contributed by atoms with Gasteiger partial charge in [0.05, 0.1) is 0 Å². The Hall–Kier alpha value is -2.04. The molecule has 0 saturated carbocycles. The Morgan fingerprint density at radius 1 is 1.37 bits per heavy atom. The summed E-state index contributed by atoms with van der Waals surface area (Å²) < 4.78 is 10.4. The van der Waals surface area contributed by atoms with Gasteiger partial charge in [-0.3, -0.25) is 4.79 Å². The number of ether oxygens (including phenoxy) is 2. The fourth-order valence-electron chi connectivity index (χ4n) is 1.74. The average Bonchev–Trinajstić information content (AvgIpc) is 2.89. The summed E-state index contributed by atoms with van der Waals surface area (Å²) in [4.78, 5) is 11.9. The Balaban J connectivity index is 1.96. The molecule has 19 heavy (non-hydrogen) atoms. The van der Waals surface area contributed by atoms with E-state index in [1.54, 1.807) is 18.2 Å². The summed E-state index contributed by atoms with van der Waals surface area (Å²) in [6.45, 7) is 4.24. The minimum absolute atomic E-state index is 0.203. The molecular weight excluding hydrogens is 244 g/mol. The van der Waals surface area contributed by atoms with Crippen LogP contribution in [0.25, 0.3) is 0 Å². The second kappa shape index (κ2) is 6.22. The highest BCUT2D eigenvalue weighted by molar-refractivity contribution is 5.95. The molecule has 0 aliphatic carbocycles. The number of rotatable bonds is 5. The third-order valence-corrected chi connectivity index (χ3v) is 2.88. The first-order chi connectivity index (χ1) is 9.20. The minimum atomic E-state index is -0.242. The van der Waals surface area contributed by atoms with Crippen LogP contribution in [0.15, 0.2) is 23.3 Å². The fraction of sp³-hybridized carbons (Fsp3) is 0.429. The molecule has 1 aliphatic heterocycles. The molecule has 0 unspecified atom stereocenters. The number of nitrogens with one attached hydrogen (secondary N) is 1. The molecule has 0 fully saturated rings. The topological polar surface area (TPSA) is 59.9 Å². The second-order valence-corrected chi connectivity index (χ2v) is 4.46. The van der Waals surface area contributed by atoms with Crippen LogP contribution in [0.4, 0.5) is 0 Å². The molecule has 0 bridgehead atoms. The van der Waals surface area contributed by atoms with E-state index in [1.165, 1.54) is 0 Å². The van der Waals surface area contributed by atoms with Crippen molar-refractivity contribution in [2.24, 2.45) is 5.10 Å². The highest BCUT2D eigenvalue weighted by Gasteiger charge is 2.15. The summed E-state index contributed by atoms with van der Waals surface area (Å²) >= 11 is 0. The maximum absolute atomic E-state index is 11.9. The summed E-state index contributed by atoms with van der Waals surface area (Å²) in [5.74, 6) is 1.02. The normalized spacial score (nSPS) is 13.5. The number of hydrogen-bond donors (Lipinski definition) is 1. The van der Waals surface area contributed by atoms with Gasteiger partial charge in [-0.15, -0.1) is 0 Å². The minimum Gasteiger partial charge on any atom is -0.454 e. The predicted molar refractivity (Wildman–Crippen MR) is 72.7 cm³/mol. The van der Waals surface area contributed by atoms with Gasteiger partial charge in [0.15, 0.2) is 11.5 Å². The van der Waals surface area contributed by atoms with E-state index >= 15 is 0 Å². The number of unbranched alkanes of at least 4 members (excludes halogenated alkanes) is 1. The first-order valence-electron chi connectivity index (χ1n) is 6.44. The maximum atomic E-state index is 11.9. The number of fused-ring (bicyclic) bond motifs is 1. The molecule has 2 rings (SSSR count). The lowest BCUT2D eigenvalue weighted by molar-refractivity contribution is 0.0954. The van der Waals surface area contributed by atoms with Crippen molar-refractivity contribution in [3.8, 4) is 11.5 Å². The average molecular weight is 262 g/mol. The number of amides is 1. The van der Waals surface area contributed by atoms with Crippen LogP contribution in [-0.2, 0) is 0 Å². The van der Waals surface area contributed by atoms with Gasteiger partial charge in [-0.05, 0) is 38.0 Å². The van der Waals surface area contributed by atoms with Crippen molar-refractivity contribution >= 4 is 11.6 Å². The fourth-order valence-corrected chi connectivity index (χ4v) is 1.74. The van der Waals surface area contributed by atoms with Crippen LogP contribution in [0.2, 0.25) is 0 Å². The van der Waals surface area contributed by atoms with Gasteiger partial charge in [0.25, 0.3) is 5.91 Å². The molecule has 0 spiro atoms. The van der Waals surface area contributed by atoms with Crippen molar-refractivity contribution in [2.75, 3.05) is 6.79 Å². The van der Waals surface area contributed by atoms with E-state index < -0.39 is 0 Å². The van der Waals surface area contributed by atoms with Gasteiger partial charge in [-0.25, -0.2) is 5.43 Å². The van der Waals surface area contributed by atoms with Crippen LogP contribution < -0.4 is 14.9 Å². The summed E-state index contributed by atoms with van der Waals surface area (Å²) in [7, 11) is 0. The van der Waals surface area contributed by atoms with E-state index in [2.05, 4.69) is 17.5 Å². The molecule has 5 nitrogen and oxygen atoms in total. The Labute approximate surface area is 112 Å². The third-order valence-electron chi connectivity index (χ3n) is 2.88. The van der Waals surface area contributed by atoms with Crippen LogP contribution in [-0.4, -0.2) is 18.4 Å². The lowest BCUT2D eigenvalue weighted by Crippen LogP contribution is -2.19. The molecule has 1 amide bonds. The summed E-state index contributed by atoms with van der Waals surface area (Å²) in [6.07, 6.45) is 3.09. The largest absolute Gasteiger partial charge is 0.454 e. The predicted octanol–water partition coefficient (Wildman–Crippen LogP) is 2.71. The van der Waals surface area contributed by atoms with Gasteiger partial charge in [0.2, 0.25) is 6.79 Å². The number of nitrogens with zero attached hydrogens (tertiary/aromatic N) is 1. The van der Waals surface area contributed by atoms with Crippen molar-refractivity contribution in [1.82, 2.24) is 5.43 Å². The van der Waals surface area contributed by atoms with Gasteiger partial charge in [-0.1, -0.05) is 13.3 Å². The number of carbonyl (C=O) groups excluding carboxylic acids is 1. The molecule has 1 heterocycles. The van der Waals surface area contributed by atoms with E-state index in [1.807, 2.05) is 6.92 Å². The number of hydrazone groups is 1. The molecule has 0 saturated heterocycles. The van der Waals surface area contributed by atoms with E-state index in [0.717, 1.165) is 25.0 Å². The van der Waals surface area contributed by atoms with Crippen LogP contribution in [0.1, 0.15) is 43.5 Å². The Morgan fingerprint density at radius 2 is 2.16 bits per heavy atom. The van der Waals surface area contributed by atoms with Crippen LogP contribution in [0.5, 0.6) is 11.5 Å². The summed E-state index contributed by atoms with van der Waals surface area (Å²) in [5.41, 5.74) is 3.99. The maximum Gasteiger partial charge on any atom is 0.271 e. The lowest BCUT2D eigenvalue weighted by Gasteiger charge is -2.03. The highest BCUT2D eigenvalue weighted by Crippen LogP contribution is 2.32. The second-order valence-electron chi connectivity index (χ2n) is 4.46. The van der Waals surface area contributed by atoms with E-state index in [-0.39, 0.29) is 12.7 Å². The van der Waals surface area contributed by atoms with Crippen LogP contribution in [0, 0.1) is 0 Å². The SMILES string of the molecule is CCCC/C(C)=N/NC(=O)c1ccc2c(c1)OCO2. The van der Waals surface area contributed by atoms with E-state index in [9.17, 15) is 4.79 Å². The van der Waals surface area contributed by atoms with E-state index in [0.29, 0.717) is 17.1 Å². The van der Waals surface area contributed by atoms with Crippen molar-refractivity contribution in [2.45, 2.75) is 33.1 Å². The van der Waals surface area contributed by atoms with Gasteiger partial charge in [-0.2, -0.15) is 5.10 Å². The first-order valence-corrected chi connectivity index (χ1v) is 6.44. The molecule has 1 aliphatic rings. The number of benzene rings is 1. The Morgan fingerprint density at radius 3 is 2.95 bits per heavy atom. The zero-order valence-electron chi connectivity index (χ0n) is 11.2. The molecule has 1 N–H and O–H groups in total. The molecule has 1 aromatic carbocycles. The molecule has 5 heteroatoms. The quantitative estimate of drug-likeness (QED) is 0.655. The van der Waals surface area contributed by atoms with Crippen LogP contribution >= 0.6 is 0 Å². The van der Waals surface area contributed by atoms with Crippen molar-refractivity contribution in [3.05, 3.63) is 23.8 Å². The number of carbonyl (C=O) groups is 1. The molecule has 1 aromatic rings. The van der Waals surface area contributed by atoms with Crippen molar-refractivity contribution in [1.29, 1.82) is 0 Å². The molecule has 0 radical (unpaired) electrons. The van der Waals surface area contributed by atoms with E-state index in [4.69, 9.17) is 9.47 Å². The third kappa shape index (κ3) is 3.47. The summed E-state index contributed by atoms with van der Waals surface area (Å²) in [6, 6.07) is 5.08. The lowest BCUT2D eigenvalue weighted by atomic mass is 10.2. The van der Waals surface area contributed by atoms with Crippen molar-refractivity contribution in [3.63, 3.8) is 0 Å². The smallest absolute Gasteiger partial charge is 0.271 e. The van der Waals surface area contributed by atoms with Gasteiger partial charge in [0.1, 0.15) is 0 Å². The van der Waals surface area contributed by atoms with Crippen LogP contribution in [0.3, 0.4) is 0 Å². The summed E-state index contributed by atoms with van der Waals surface area (Å²) in [5, 5.41) is 4.08. The highest BCUT2D eigenvalue weighted by atomic mass is 16.7. The zero-order chi connectivity index (χ0) is 13.7. The number of hydrogen-bond acceptors (Lipinski definition) is 4. The Kier molecular flexibility index (Phi) is 4.39. The molecule has 0 aromatic heterocycles. The standard InChI is InChI=1S/C14H18N2O3/c1-3-4-5-10(2)15-16-14(17)11-6-7-12-13(8-11)19-9-18-12/h6-8H,3-5,9H2,1-2H3,(H,16,17)/b15-10+.